The molecule has 3 aromatic rings. The fraction of sp³-hybridized carbons (Fsp3) is 0.207. The number of aryl methyl sites for hydroxylation is 1. The first kappa shape index (κ1) is 26.8. The van der Waals surface area contributed by atoms with E-state index < -0.39 is 17.8 Å². The number of nitrogens with one attached hydrogen (secondary N) is 1. The molecule has 4 rings (SSSR count). The maximum atomic E-state index is 13.3. The van der Waals surface area contributed by atoms with E-state index in [4.69, 9.17) is 25.8 Å². The highest BCUT2D eigenvalue weighted by atomic mass is 35.5. The van der Waals surface area contributed by atoms with Crippen LogP contribution in [0.5, 0.6) is 17.2 Å². The Labute approximate surface area is 225 Å². The van der Waals surface area contributed by atoms with Crippen LogP contribution in [0.3, 0.4) is 0 Å². The minimum absolute atomic E-state index is 0.230. The van der Waals surface area contributed by atoms with Crippen molar-refractivity contribution in [3.8, 4) is 17.2 Å². The zero-order valence-corrected chi connectivity index (χ0v) is 22.0. The number of urea groups is 1. The third-order valence-corrected chi connectivity index (χ3v) is 5.93. The Morgan fingerprint density at radius 3 is 2.24 bits per heavy atom. The molecular formula is C29H27ClN2O6. The Morgan fingerprint density at radius 2 is 1.58 bits per heavy atom. The Balaban J connectivity index is 1.56. The van der Waals surface area contributed by atoms with Crippen LogP contribution < -0.4 is 24.4 Å². The molecule has 0 spiro atoms. The normalized spacial score (nSPS) is 14.5. The molecule has 1 fully saturated rings. The van der Waals surface area contributed by atoms with Gasteiger partial charge in [-0.1, -0.05) is 41.4 Å². The molecule has 196 valence electrons. The lowest BCUT2D eigenvalue weighted by atomic mass is 10.1. The fourth-order valence-corrected chi connectivity index (χ4v) is 4.09. The Kier molecular flexibility index (Phi) is 8.33. The molecule has 38 heavy (non-hydrogen) atoms. The van der Waals surface area contributed by atoms with Gasteiger partial charge in [0, 0.05) is 0 Å². The molecule has 8 nitrogen and oxygen atoms in total. The number of anilines is 1. The number of nitrogens with zero attached hydrogens (tertiary/aromatic N) is 1. The molecule has 0 aromatic heterocycles. The molecule has 0 radical (unpaired) electrons. The van der Waals surface area contributed by atoms with Crippen LogP contribution in [0.2, 0.25) is 5.02 Å². The van der Waals surface area contributed by atoms with E-state index in [0.717, 1.165) is 16.0 Å². The molecule has 1 heterocycles. The standard InChI is InChI=1S/C29H27ClN2O6/c1-4-36-25-16-20(15-24(30)26(25)37-5-2)14-23-27(33)31-29(35)32(28(23)34)21-10-12-22(13-11-21)38-17-19-8-6-18(3)7-9-19/h6-16H,4-5,17H2,1-3H3,(H,31,33,35)/b23-14+. The highest BCUT2D eigenvalue weighted by Gasteiger charge is 2.37. The lowest BCUT2D eigenvalue weighted by molar-refractivity contribution is -0.122. The van der Waals surface area contributed by atoms with E-state index in [1.165, 1.54) is 6.08 Å². The maximum Gasteiger partial charge on any atom is 0.335 e. The van der Waals surface area contributed by atoms with E-state index in [9.17, 15) is 14.4 Å². The summed E-state index contributed by atoms with van der Waals surface area (Å²) >= 11 is 6.38. The molecule has 4 amide bonds. The number of barbiturate groups is 1. The smallest absolute Gasteiger partial charge is 0.335 e. The summed E-state index contributed by atoms with van der Waals surface area (Å²) < 4.78 is 17.0. The summed E-state index contributed by atoms with van der Waals surface area (Å²) in [6.45, 7) is 6.77. The van der Waals surface area contributed by atoms with Gasteiger partial charge in [-0.25, -0.2) is 9.69 Å². The van der Waals surface area contributed by atoms with Crippen molar-refractivity contribution in [3.63, 3.8) is 0 Å². The first-order valence-electron chi connectivity index (χ1n) is 12.1. The topological polar surface area (TPSA) is 94.2 Å². The monoisotopic (exact) mass is 534 g/mol. The molecule has 3 aromatic carbocycles. The maximum absolute atomic E-state index is 13.3. The second kappa shape index (κ2) is 11.8. The highest BCUT2D eigenvalue weighted by Crippen LogP contribution is 2.37. The summed E-state index contributed by atoms with van der Waals surface area (Å²) in [6.07, 6.45) is 1.36. The minimum atomic E-state index is -0.842. The van der Waals surface area contributed by atoms with Gasteiger partial charge >= 0.3 is 6.03 Å². The SMILES string of the molecule is CCOc1cc(/C=C2\C(=O)NC(=O)N(c3ccc(OCc4ccc(C)cc4)cc3)C2=O)cc(Cl)c1OCC. The van der Waals surface area contributed by atoms with E-state index >= 15 is 0 Å². The lowest BCUT2D eigenvalue weighted by Gasteiger charge is -2.26. The number of halogens is 1. The third-order valence-electron chi connectivity index (χ3n) is 5.65. The summed E-state index contributed by atoms with van der Waals surface area (Å²) in [4.78, 5) is 39.4. The third kappa shape index (κ3) is 5.98. The molecule has 1 N–H and O–H groups in total. The molecule has 1 aliphatic heterocycles. The number of amides is 4. The van der Waals surface area contributed by atoms with E-state index in [1.807, 2.05) is 45.0 Å². The van der Waals surface area contributed by atoms with Crippen LogP contribution in [0.1, 0.15) is 30.5 Å². The first-order valence-corrected chi connectivity index (χ1v) is 12.5. The van der Waals surface area contributed by atoms with Gasteiger partial charge < -0.3 is 14.2 Å². The average molecular weight is 535 g/mol. The number of imide groups is 2. The summed E-state index contributed by atoms with van der Waals surface area (Å²) in [7, 11) is 0. The second-order valence-electron chi connectivity index (χ2n) is 8.42. The van der Waals surface area contributed by atoms with E-state index in [-0.39, 0.29) is 16.3 Å². The molecule has 0 bridgehead atoms. The predicted molar refractivity (Wildman–Crippen MR) is 145 cm³/mol. The van der Waals surface area contributed by atoms with Crippen molar-refractivity contribution < 1.29 is 28.6 Å². The molecule has 0 aliphatic carbocycles. The van der Waals surface area contributed by atoms with Crippen molar-refractivity contribution in [3.05, 3.63) is 87.9 Å². The lowest BCUT2D eigenvalue weighted by Crippen LogP contribution is -2.54. The van der Waals surface area contributed by atoms with Crippen molar-refractivity contribution in [2.24, 2.45) is 0 Å². The van der Waals surface area contributed by atoms with E-state index in [2.05, 4.69) is 5.32 Å². The number of hydrogen-bond acceptors (Lipinski definition) is 6. The van der Waals surface area contributed by atoms with Gasteiger partial charge in [0.15, 0.2) is 11.5 Å². The second-order valence-corrected chi connectivity index (χ2v) is 8.83. The Hall–Kier alpha value is -4.30. The number of carbonyl (C=O) groups is 3. The number of rotatable bonds is 9. The van der Waals surface area contributed by atoms with Gasteiger partial charge in [0.05, 0.1) is 23.9 Å². The van der Waals surface area contributed by atoms with Crippen LogP contribution in [-0.2, 0) is 16.2 Å². The van der Waals surface area contributed by atoms with Crippen molar-refractivity contribution in [2.45, 2.75) is 27.4 Å². The fourth-order valence-electron chi connectivity index (χ4n) is 3.82. The number of ether oxygens (including phenoxy) is 3. The van der Waals surface area contributed by atoms with Crippen LogP contribution in [0.4, 0.5) is 10.5 Å². The molecule has 0 atom stereocenters. The van der Waals surface area contributed by atoms with Gasteiger partial charge in [0.1, 0.15) is 17.9 Å². The highest BCUT2D eigenvalue weighted by molar-refractivity contribution is 6.39. The summed E-state index contributed by atoms with van der Waals surface area (Å²) in [5, 5.41) is 2.49. The largest absolute Gasteiger partial charge is 0.490 e. The van der Waals surface area contributed by atoms with Crippen molar-refractivity contribution >= 4 is 41.2 Å². The van der Waals surface area contributed by atoms with Crippen molar-refractivity contribution in [1.82, 2.24) is 5.32 Å². The van der Waals surface area contributed by atoms with Crippen LogP contribution in [0.25, 0.3) is 6.08 Å². The predicted octanol–water partition coefficient (Wildman–Crippen LogP) is 5.69. The van der Waals surface area contributed by atoms with Crippen LogP contribution in [-0.4, -0.2) is 31.1 Å². The van der Waals surface area contributed by atoms with Gasteiger partial charge in [0.2, 0.25) is 0 Å². The minimum Gasteiger partial charge on any atom is -0.490 e. The molecule has 0 unspecified atom stereocenters. The van der Waals surface area contributed by atoms with E-state index in [1.54, 1.807) is 36.4 Å². The molecule has 1 aliphatic rings. The molecule has 9 heteroatoms. The van der Waals surface area contributed by atoms with Crippen LogP contribution >= 0.6 is 11.6 Å². The van der Waals surface area contributed by atoms with Crippen LogP contribution in [0.15, 0.2) is 66.2 Å². The Bertz CT molecular complexity index is 1380. The number of hydrogen-bond donors (Lipinski definition) is 1. The van der Waals surface area contributed by atoms with Crippen molar-refractivity contribution in [1.29, 1.82) is 0 Å². The van der Waals surface area contributed by atoms with E-state index in [0.29, 0.717) is 42.6 Å². The number of benzene rings is 3. The van der Waals surface area contributed by atoms with Crippen molar-refractivity contribution in [2.75, 3.05) is 18.1 Å². The zero-order valence-electron chi connectivity index (χ0n) is 21.2. The molecular weight excluding hydrogens is 508 g/mol. The summed E-state index contributed by atoms with van der Waals surface area (Å²) in [5.74, 6) is -0.253. The first-order chi connectivity index (χ1) is 18.3. The van der Waals surface area contributed by atoms with Crippen LogP contribution in [0, 0.1) is 6.92 Å². The van der Waals surface area contributed by atoms with Gasteiger partial charge in [0.25, 0.3) is 11.8 Å². The number of carbonyl (C=O) groups excluding carboxylic acids is 3. The van der Waals surface area contributed by atoms with Gasteiger partial charge in [-0.3, -0.25) is 14.9 Å². The summed E-state index contributed by atoms with van der Waals surface area (Å²) in [6, 6.07) is 16.8. The molecule has 1 saturated heterocycles. The summed E-state index contributed by atoms with van der Waals surface area (Å²) in [5.41, 5.74) is 2.67. The Morgan fingerprint density at radius 1 is 0.895 bits per heavy atom. The zero-order chi connectivity index (χ0) is 27.2. The van der Waals surface area contributed by atoms with Gasteiger partial charge in [-0.15, -0.1) is 0 Å². The van der Waals surface area contributed by atoms with Gasteiger partial charge in [-0.05, 0) is 74.4 Å². The molecule has 0 saturated carbocycles. The average Bonchev–Trinajstić information content (AvgIpc) is 2.89. The quantitative estimate of drug-likeness (QED) is 0.280. The van der Waals surface area contributed by atoms with Gasteiger partial charge in [-0.2, -0.15) is 0 Å².